The van der Waals surface area contributed by atoms with Gasteiger partial charge >= 0.3 is 0 Å². The Balaban J connectivity index is 2.06. The maximum Gasteiger partial charge on any atom is 0.0705 e. The van der Waals surface area contributed by atoms with Crippen molar-refractivity contribution in [3.05, 3.63) is 53.2 Å². The van der Waals surface area contributed by atoms with Crippen LogP contribution in [0.25, 0.3) is 11.3 Å². The molecule has 0 aliphatic heterocycles. The molecule has 1 unspecified atom stereocenters. The zero-order valence-electron chi connectivity index (χ0n) is 9.98. The van der Waals surface area contributed by atoms with Crippen LogP contribution >= 0.6 is 0 Å². The molecule has 2 aromatic rings. The van der Waals surface area contributed by atoms with E-state index >= 15 is 0 Å². The standard InChI is InChI=1S/C15H16N2/c1-10-3-2-4-11(9-10)14-7-5-12-13(16)6-8-15(12)17-14/h2-5,7,9,13H,6,8,16H2,1H3. The van der Waals surface area contributed by atoms with Gasteiger partial charge in [0.1, 0.15) is 0 Å². The van der Waals surface area contributed by atoms with E-state index in [2.05, 4.69) is 43.3 Å². The first-order valence-electron chi connectivity index (χ1n) is 6.06. The van der Waals surface area contributed by atoms with Crippen molar-refractivity contribution < 1.29 is 0 Å². The molecule has 2 heteroatoms. The van der Waals surface area contributed by atoms with Crippen molar-refractivity contribution in [3.8, 4) is 11.3 Å². The average molecular weight is 224 g/mol. The lowest BCUT2D eigenvalue weighted by molar-refractivity contribution is 0.712. The van der Waals surface area contributed by atoms with E-state index in [1.54, 1.807) is 0 Å². The summed E-state index contributed by atoms with van der Waals surface area (Å²) in [6.07, 6.45) is 2.04. The molecule has 0 saturated heterocycles. The van der Waals surface area contributed by atoms with Crippen molar-refractivity contribution in [1.82, 2.24) is 4.98 Å². The monoisotopic (exact) mass is 224 g/mol. The molecule has 0 fully saturated rings. The number of hydrogen-bond acceptors (Lipinski definition) is 2. The summed E-state index contributed by atoms with van der Waals surface area (Å²) in [6, 6.07) is 12.9. The number of benzene rings is 1. The van der Waals surface area contributed by atoms with Crippen LogP contribution in [0.5, 0.6) is 0 Å². The lowest BCUT2D eigenvalue weighted by Gasteiger charge is -2.07. The van der Waals surface area contributed by atoms with E-state index in [0.29, 0.717) is 0 Å². The maximum absolute atomic E-state index is 6.02. The summed E-state index contributed by atoms with van der Waals surface area (Å²) in [5.41, 5.74) is 11.9. The van der Waals surface area contributed by atoms with Crippen LogP contribution in [-0.2, 0) is 6.42 Å². The number of fused-ring (bicyclic) bond motifs is 1. The molecule has 0 radical (unpaired) electrons. The van der Waals surface area contributed by atoms with Gasteiger partial charge in [-0.2, -0.15) is 0 Å². The third-order valence-electron chi connectivity index (χ3n) is 3.41. The van der Waals surface area contributed by atoms with Crippen LogP contribution in [0.15, 0.2) is 36.4 Å². The topological polar surface area (TPSA) is 38.9 Å². The molecule has 0 saturated carbocycles. The van der Waals surface area contributed by atoms with Crippen LogP contribution in [0.4, 0.5) is 0 Å². The molecule has 0 spiro atoms. The molecule has 1 aromatic carbocycles. The highest BCUT2D eigenvalue weighted by molar-refractivity contribution is 5.61. The van der Waals surface area contributed by atoms with Gasteiger partial charge < -0.3 is 5.73 Å². The van der Waals surface area contributed by atoms with E-state index in [1.165, 1.54) is 22.4 Å². The minimum atomic E-state index is 0.184. The minimum Gasteiger partial charge on any atom is -0.324 e. The first-order chi connectivity index (χ1) is 8.24. The third kappa shape index (κ3) is 1.85. The van der Waals surface area contributed by atoms with E-state index in [4.69, 9.17) is 10.7 Å². The highest BCUT2D eigenvalue weighted by atomic mass is 14.8. The zero-order valence-corrected chi connectivity index (χ0v) is 9.98. The molecule has 1 aromatic heterocycles. The summed E-state index contributed by atoms with van der Waals surface area (Å²) in [5.74, 6) is 0. The Kier molecular flexibility index (Phi) is 2.45. The molecule has 86 valence electrons. The number of nitrogens with zero attached hydrogens (tertiary/aromatic N) is 1. The van der Waals surface area contributed by atoms with Crippen LogP contribution in [0.3, 0.4) is 0 Å². The Morgan fingerprint density at radius 3 is 2.94 bits per heavy atom. The molecule has 1 heterocycles. The van der Waals surface area contributed by atoms with Crippen LogP contribution in [0, 0.1) is 6.92 Å². The SMILES string of the molecule is Cc1cccc(-c2ccc3c(n2)CCC3N)c1. The van der Waals surface area contributed by atoms with Gasteiger partial charge in [0, 0.05) is 17.3 Å². The zero-order chi connectivity index (χ0) is 11.8. The van der Waals surface area contributed by atoms with E-state index in [-0.39, 0.29) is 6.04 Å². The minimum absolute atomic E-state index is 0.184. The van der Waals surface area contributed by atoms with Crippen molar-refractivity contribution in [1.29, 1.82) is 0 Å². The molecular formula is C15H16N2. The summed E-state index contributed by atoms with van der Waals surface area (Å²) < 4.78 is 0. The van der Waals surface area contributed by atoms with Gasteiger partial charge in [-0.25, -0.2) is 0 Å². The lowest BCUT2D eigenvalue weighted by atomic mass is 10.1. The Labute approximate surface area is 102 Å². The first kappa shape index (κ1) is 10.5. The summed E-state index contributed by atoms with van der Waals surface area (Å²) in [4.78, 5) is 4.74. The van der Waals surface area contributed by atoms with E-state index in [1.807, 2.05) is 0 Å². The summed E-state index contributed by atoms with van der Waals surface area (Å²) >= 11 is 0. The lowest BCUT2D eigenvalue weighted by Crippen LogP contribution is -2.05. The molecular weight excluding hydrogens is 208 g/mol. The van der Waals surface area contributed by atoms with Gasteiger partial charge in [0.05, 0.1) is 5.69 Å². The van der Waals surface area contributed by atoms with Crippen molar-refractivity contribution in [2.24, 2.45) is 5.73 Å². The third-order valence-corrected chi connectivity index (χ3v) is 3.41. The number of rotatable bonds is 1. The number of nitrogens with two attached hydrogens (primary N) is 1. The number of aromatic nitrogens is 1. The molecule has 2 nitrogen and oxygen atoms in total. The Bertz CT molecular complexity index is 561. The quantitative estimate of drug-likeness (QED) is 0.808. The molecule has 1 atom stereocenters. The van der Waals surface area contributed by atoms with Gasteiger partial charge in [-0.15, -0.1) is 0 Å². The predicted molar refractivity (Wildman–Crippen MR) is 69.7 cm³/mol. The number of pyridine rings is 1. The van der Waals surface area contributed by atoms with Crippen LogP contribution < -0.4 is 5.73 Å². The Morgan fingerprint density at radius 2 is 2.12 bits per heavy atom. The fraction of sp³-hybridized carbons (Fsp3) is 0.267. The largest absolute Gasteiger partial charge is 0.324 e. The van der Waals surface area contributed by atoms with Crippen molar-refractivity contribution in [2.45, 2.75) is 25.8 Å². The van der Waals surface area contributed by atoms with Gasteiger partial charge in [0.15, 0.2) is 0 Å². The summed E-state index contributed by atoms with van der Waals surface area (Å²) in [5, 5.41) is 0. The maximum atomic E-state index is 6.02. The summed E-state index contributed by atoms with van der Waals surface area (Å²) in [7, 11) is 0. The molecule has 3 rings (SSSR count). The molecule has 2 N–H and O–H groups in total. The highest BCUT2D eigenvalue weighted by Gasteiger charge is 2.20. The van der Waals surface area contributed by atoms with Crippen molar-refractivity contribution in [2.75, 3.05) is 0 Å². The fourth-order valence-corrected chi connectivity index (χ4v) is 2.46. The second-order valence-electron chi connectivity index (χ2n) is 4.75. The van der Waals surface area contributed by atoms with Gasteiger partial charge in [-0.1, -0.05) is 29.8 Å². The van der Waals surface area contributed by atoms with Crippen molar-refractivity contribution >= 4 is 0 Å². The predicted octanol–water partition coefficient (Wildman–Crippen LogP) is 3.00. The molecule has 0 amide bonds. The van der Waals surface area contributed by atoms with Crippen LogP contribution in [0.1, 0.15) is 29.3 Å². The second kappa shape index (κ2) is 3.97. The fourth-order valence-electron chi connectivity index (χ4n) is 2.46. The second-order valence-corrected chi connectivity index (χ2v) is 4.75. The van der Waals surface area contributed by atoms with Gasteiger partial charge in [-0.05, 0) is 37.5 Å². The van der Waals surface area contributed by atoms with Crippen LogP contribution in [0.2, 0.25) is 0 Å². The Hall–Kier alpha value is -1.67. The molecule has 0 bridgehead atoms. The van der Waals surface area contributed by atoms with E-state index < -0.39 is 0 Å². The molecule has 1 aliphatic carbocycles. The van der Waals surface area contributed by atoms with Gasteiger partial charge in [-0.3, -0.25) is 4.98 Å². The number of hydrogen-bond donors (Lipinski definition) is 1. The van der Waals surface area contributed by atoms with Gasteiger partial charge in [0.25, 0.3) is 0 Å². The highest BCUT2D eigenvalue weighted by Crippen LogP contribution is 2.30. The smallest absolute Gasteiger partial charge is 0.0705 e. The van der Waals surface area contributed by atoms with E-state index in [9.17, 15) is 0 Å². The first-order valence-corrected chi connectivity index (χ1v) is 6.06. The normalized spacial score (nSPS) is 18.1. The average Bonchev–Trinajstić information content (AvgIpc) is 2.71. The molecule has 17 heavy (non-hydrogen) atoms. The Morgan fingerprint density at radius 1 is 1.24 bits per heavy atom. The van der Waals surface area contributed by atoms with Crippen LogP contribution in [-0.4, -0.2) is 4.98 Å². The number of aryl methyl sites for hydroxylation is 2. The molecule has 1 aliphatic rings. The van der Waals surface area contributed by atoms with Gasteiger partial charge in [0.2, 0.25) is 0 Å². The van der Waals surface area contributed by atoms with Crippen molar-refractivity contribution in [3.63, 3.8) is 0 Å². The van der Waals surface area contributed by atoms with E-state index in [0.717, 1.165) is 18.5 Å². The summed E-state index contributed by atoms with van der Waals surface area (Å²) in [6.45, 7) is 2.10.